The number of halogens is 4. The Labute approximate surface area is 110 Å². The van der Waals surface area contributed by atoms with Crippen LogP contribution in [0.4, 0.5) is 23.2 Å². The Morgan fingerprint density at radius 2 is 1.84 bits per heavy atom. The van der Waals surface area contributed by atoms with Gasteiger partial charge in [0.05, 0.1) is 12.2 Å². The van der Waals surface area contributed by atoms with Crippen molar-refractivity contribution in [2.45, 2.75) is 26.1 Å². The van der Waals surface area contributed by atoms with Crippen molar-refractivity contribution in [3.8, 4) is 0 Å². The molecule has 2 nitrogen and oxygen atoms in total. The molecule has 0 aliphatic heterocycles. The van der Waals surface area contributed by atoms with Gasteiger partial charge in [-0.15, -0.1) is 0 Å². The average molecular weight is 278 g/mol. The predicted molar refractivity (Wildman–Crippen MR) is 67.7 cm³/mol. The van der Waals surface area contributed by atoms with E-state index < -0.39 is 18.5 Å². The molecule has 0 radical (unpaired) electrons. The van der Waals surface area contributed by atoms with Crippen molar-refractivity contribution < 1.29 is 17.6 Å². The first-order chi connectivity index (χ1) is 8.79. The molecular weight excluding hydrogens is 260 g/mol. The Bertz CT molecular complexity index is 390. The summed E-state index contributed by atoms with van der Waals surface area (Å²) in [7, 11) is 0. The number of nitrogens with zero attached hydrogens (tertiary/aromatic N) is 1. The van der Waals surface area contributed by atoms with Gasteiger partial charge in [-0.1, -0.05) is 12.1 Å². The van der Waals surface area contributed by atoms with Gasteiger partial charge >= 0.3 is 6.18 Å². The molecule has 0 saturated carbocycles. The van der Waals surface area contributed by atoms with Crippen LogP contribution in [0.25, 0.3) is 0 Å². The second kappa shape index (κ2) is 6.75. The standard InChI is InChI=1S/C13H18F4N2/c1-10(2)19(9-13(15,16)17)8-7-18-12-6-4-3-5-11(12)14/h3-6,10,18H,7-9H2,1-2H3. The van der Waals surface area contributed by atoms with Gasteiger partial charge in [0, 0.05) is 19.1 Å². The van der Waals surface area contributed by atoms with Crippen molar-refractivity contribution in [1.82, 2.24) is 4.90 Å². The third kappa shape index (κ3) is 5.92. The zero-order valence-corrected chi connectivity index (χ0v) is 11.0. The third-order valence-electron chi connectivity index (χ3n) is 2.70. The molecule has 1 rings (SSSR count). The smallest absolute Gasteiger partial charge is 0.381 e. The summed E-state index contributed by atoms with van der Waals surface area (Å²) < 4.78 is 50.4. The van der Waals surface area contributed by atoms with E-state index in [9.17, 15) is 17.6 Å². The Kier molecular flexibility index (Phi) is 5.60. The normalized spacial score (nSPS) is 12.2. The van der Waals surface area contributed by atoms with Crippen molar-refractivity contribution in [2.75, 3.05) is 25.0 Å². The second-order valence-electron chi connectivity index (χ2n) is 4.59. The van der Waals surface area contributed by atoms with Gasteiger partial charge < -0.3 is 5.32 Å². The van der Waals surface area contributed by atoms with E-state index in [0.29, 0.717) is 5.69 Å². The quantitative estimate of drug-likeness (QED) is 0.801. The van der Waals surface area contributed by atoms with E-state index in [0.717, 1.165) is 0 Å². The summed E-state index contributed by atoms with van der Waals surface area (Å²) in [6, 6.07) is 5.87. The number of alkyl halides is 3. The van der Waals surface area contributed by atoms with Crippen molar-refractivity contribution in [2.24, 2.45) is 0 Å². The topological polar surface area (TPSA) is 15.3 Å². The number of hydrogen-bond donors (Lipinski definition) is 1. The van der Waals surface area contributed by atoms with Gasteiger partial charge in [0.15, 0.2) is 0 Å². The second-order valence-corrected chi connectivity index (χ2v) is 4.59. The SMILES string of the molecule is CC(C)N(CCNc1ccccc1F)CC(F)(F)F. The average Bonchev–Trinajstić information content (AvgIpc) is 2.28. The highest BCUT2D eigenvalue weighted by Gasteiger charge is 2.31. The van der Waals surface area contributed by atoms with Crippen molar-refractivity contribution in [3.05, 3.63) is 30.1 Å². The zero-order chi connectivity index (χ0) is 14.5. The van der Waals surface area contributed by atoms with Crippen LogP contribution in [0.15, 0.2) is 24.3 Å². The van der Waals surface area contributed by atoms with Crippen LogP contribution in [0.1, 0.15) is 13.8 Å². The van der Waals surface area contributed by atoms with Gasteiger partial charge in [0.2, 0.25) is 0 Å². The number of anilines is 1. The molecule has 6 heteroatoms. The van der Waals surface area contributed by atoms with Crippen molar-refractivity contribution in [1.29, 1.82) is 0 Å². The molecule has 1 N–H and O–H groups in total. The molecule has 0 aromatic heterocycles. The van der Waals surface area contributed by atoms with Crippen LogP contribution >= 0.6 is 0 Å². The lowest BCUT2D eigenvalue weighted by Crippen LogP contribution is -2.41. The van der Waals surface area contributed by atoms with Gasteiger partial charge in [0.25, 0.3) is 0 Å². The lowest BCUT2D eigenvalue weighted by molar-refractivity contribution is -0.149. The first-order valence-corrected chi connectivity index (χ1v) is 6.09. The molecule has 0 heterocycles. The van der Waals surface area contributed by atoms with Crippen molar-refractivity contribution in [3.63, 3.8) is 0 Å². The Morgan fingerprint density at radius 1 is 1.21 bits per heavy atom. The van der Waals surface area contributed by atoms with Crippen LogP contribution < -0.4 is 5.32 Å². The van der Waals surface area contributed by atoms with Gasteiger partial charge in [-0.05, 0) is 26.0 Å². The minimum atomic E-state index is -4.22. The molecule has 0 aliphatic rings. The van der Waals surface area contributed by atoms with Crippen molar-refractivity contribution >= 4 is 5.69 Å². The van der Waals surface area contributed by atoms with E-state index >= 15 is 0 Å². The highest BCUT2D eigenvalue weighted by molar-refractivity contribution is 5.44. The number of benzene rings is 1. The Hall–Kier alpha value is -1.30. The van der Waals surface area contributed by atoms with Crippen LogP contribution in [0, 0.1) is 5.82 Å². The zero-order valence-electron chi connectivity index (χ0n) is 11.0. The summed E-state index contributed by atoms with van der Waals surface area (Å²) in [5, 5.41) is 2.80. The molecule has 0 saturated heterocycles. The fourth-order valence-corrected chi connectivity index (χ4v) is 1.69. The molecule has 1 aromatic rings. The summed E-state index contributed by atoms with van der Waals surface area (Å²) in [6.07, 6.45) is -4.22. The predicted octanol–water partition coefficient (Wildman–Crippen LogP) is 3.51. The van der Waals surface area contributed by atoms with Gasteiger partial charge in [-0.3, -0.25) is 4.90 Å². The molecule has 0 spiro atoms. The fraction of sp³-hybridized carbons (Fsp3) is 0.538. The van der Waals surface area contributed by atoms with E-state index in [4.69, 9.17) is 0 Å². The molecule has 0 aliphatic carbocycles. The summed E-state index contributed by atoms with van der Waals surface area (Å²) in [4.78, 5) is 1.30. The van der Waals surface area contributed by atoms with E-state index in [1.807, 2.05) is 0 Å². The summed E-state index contributed by atoms with van der Waals surface area (Å²) in [6.45, 7) is 2.91. The Balaban J connectivity index is 2.47. The molecule has 0 amide bonds. The minimum absolute atomic E-state index is 0.200. The van der Waals surface area contributed by atoms with E-state index in [1.54, 1.807) is 32.0 Å². The van der Waals surface area contributed by atoms with Crippen LogP contribution in [0.3, 0.4) is 0 Å². The fourth-order valence-electron chi connectivity index (χ4n) is 1.69. The number of nitrogens with one attached hydrogen (secondary N) is 1. The van der Waals surface area contributed by atoms with Gasteiger partial charge in [0.1, 0.15) is 5.82 Å². The largest absolute Gasteiger partial charge is 0.401 e. The molecule has 19 heavy (non-hydrogen) atoms. The molecule has 1 aromatic carbocycles. The third-order valence-corrected chi connectivity index (χ3v) is 2.70. The van der Waals surface area contributed by atoms with Crippen LogP contribution in [-0.2, 0) is 0 Å². The van der Waals surface area contributed by atoms with Crippen LogP contribution in [0.5, 0.6) is 0 Å². The maximum atomic E-state index is 13.3. The lowest BCUT2D eigenvalue weighted by Gasteiger charge is -2.27. The Morgan fingerprint density at radius 3 is 2.37 bits per heavy atom. The van der Waals surface area contributed by atoms with Gasteiger partial charge in [-0.2, -0.15) is 13.2 Å². The maximum Gasteiger partial charge on any atom is 0.401 e. The van der Waals surface area contributed by atoms with Crippen LogP contribution in [-0.4, -0.2) is 36.8 Å². The highest BCUT2D eigenvalue weighted by Crippen LogP contribution is 2.18. The molecule has 0 unspecified atom stereocenters. The van der Waals surface area contributed by atoms with E-state index in [-0.39, 0.29) is 19.1 Å². The number of hydrogen-bond acceptors (Lipinski definition) is 2. The molecular formula is C13H18F4N2. The lowest BCUT2D eigenvalue weighted by atomic mass is 10.3. The first-order valence-electron chi connectivity index (χ1n) is 6.09. The summed E-state index contributed by atoms with van der Waals surface area (Å²) in [5.41, 5.74) is 0.304. The molecule has 0 bridgehead atoms. The van der Waals surface area contributed by atoms with Crippen LogP contribution in [0.2, 0.25) is 0 Å². The van der Waals surface area contributed by atoms with E-state index in [1.165, 1.54) is 11.0 Å². The highest BCUT2D eigenvalue weighted by atomic mass is 19.4. The number of rotatable bonds is 6. The number of para-hydroxylation sites is 1. The summed E-state index contributed by atoms with van der Waals surface area (Å²) >= 11 is 0. The van der Waals surface area contributed by atoms with E-state index in [2.05, 4.69) is 5.32 Å². The molecule has 0 atom stereocenters. The maximum absolute atomic E-state index is 13.3. The summed E-state index contributed by atoms with van der Waals surface area (Å²) in [5.74, 6) is -0.408. The molecule has 0 fully saturated rings. The monoisotopic (exact) mass is 278 g/mol. The minimum Gasteiger partial charge on any atom is -0.381 e. The molecule has 108 valence electrons. The van der Waals surface area contributed by atoms with Gasteiger partial charge in [-0.25, -0.2) is 4.39 Å². The first kappa shape index (κ1) is 15.8.